The van der Waals surface area contributed by atoms with Gasteiger partial charge in [0.05, 0.1) is 11.4 Å². The molecule has 3 aromatic rings. The number of phenols is 1. The summed E-state index contributed by atoms with van der Waals surface area (Å²) in [6.45, 7) is 4.52. The average Bonchev–Trinajstić information content (AvgIpc) is 3.03. The maximum absolute atomic E-state index is 12.2. The molecule has 0 spiro atoms. The largest absolute Gasteiger partial charge is 0.508 e. The molecule has 0 unspecified atom stereocenters. The van der Waals surface area contributed by atoms with Gasteiger partial charge in [0.25, 0.3) is 11.8 Å². The fourth-order valence-corrected chi connectivity index (χ4v) is 2.81. The first-order chi connectivity index (χ1) is 13.4. The van der Waals surface area contributed by atoms with Crippen molar-refractivity contribution < 1.29 is 14.7 Å². The molecule has 0 bridgehead atoms. The lowest BCUT2D eigenvalue weighted by Crippen LogP contribution is -2.34. The number of hydrogen-bond acceptors (Lipinski definition) is 4. The van der Waals surface area contributed by atoms with E-state index >= 15 is 0 Å². The van der Waals surface area contributed by atoms with Crippen molar-refractivity contribution in [1.29, 1.82) is 0 Å². The molecule has 0 saturated carbocycles. The summed E-state index contributed by atoms with van der Waals surface area (Å²) in [6, 6.07) is 15.2. The Labute approximate surface area is 163 Å². The Bertz CT molecular complexity index is 976. The van der Waals surface area contributed by atoms with Crippen LogP contribution >= 0.6 is 0 Å². The van der Waals surface area contributed by atoms with Crippen molar-refractivity contribution in [2.75, 3.05) is 13.1 Å². The zero-order valence-corrected chi connectivity index (χ0v) is 15.8. The highest BCUT2D eigenvalue weighted by molar-refractivity contribution is 5.95. The maximum atomic E-state index is 12.2. The zero-order valence-electron chi connectivity index (χ0n) is 15.8. The van der Waals surface area contributed by atoms with Crippen molar-refractivity contribution in [3.63, 3.8) is 0 Å². The molecule has 3 rings (SSSR count). The molecule has 2 amide bonds. The number of amides is 2. The van der Waals surface area contributed by atoms with Crippen LogP contribution in [0.2, 0.25) is 0 Å². The van der Waals surface area contributed by atoms with Crippen LogP contribution in [0.4, 0.5) is 0 Å². The molecule has 2 aromatic carbocycles. The molecule has 1 heterocycles. The van der Waals surface area contributed by atoms with Gasteiger partial charge in [-0.25, -0.2) is 4.68 Å². The summed E-state index contributed by atoms with van der Waals surface area (Å²) >= 11 is 0. The fourth-order valence-electron chi connectivity index (χ4n) is 2.81. The van der Waals surface area contributed by atoms with Crippen LogP contribution in [0.15, 0.2) is 54.6 Å². The number of aromatic nitrogens is 2. The number of rotatable bonds is 6. The molecule has 28 heavy (non-hydrogen) atoms. The van der Waals surface area contributed by atoms with Crippen LogP contribution in [0, 0.1) is 13.8 Å². The van der Waals surface area contributed by atoms with Gasteiger partial charge >= 0.3 is 0 Å². The van der Waals surface area contributed by atoms with Crippen molar-refractivity contribution in [1.82, 2.24) is 20.4 Å². The van der Waals surface area contributed by atoms with Crippen molar-refractivity contribution in [3.05, 3.63) is 77.1 Å². The Morgan fingerprint density at radius 2 is 1.39 bits per heavy atom. The number of nitrogens with zero attached hydrogens (tertiary/aromatic N) is 2. The van der Waals surface area contributed by atoms with E-state index in [-0.39, 0.29) is 17.6 Å². The number of aromatic hydroxyl groups is 1. The number of benzene rings is 2. The third kappa shape index (κ3) is 4.56. The van der Waals surface area contributed by atoms with Gasteiger partial charge in [-0.3, -0.25) is 9.59 Å². The van der Waals surface area contributed by atoms with E-state index in [1.165, 1.54) is 24.3 Å². The minimum atomic E-state index is -0.261. The van der Waals surface area contributed by atoms with E-state index in [0.717, 1.165) is 17.1 Å². The summed E-state index contributed by atoms with van der Waals surface area (Å²) in [4.78, 5) is 24.2. The monoisotopic (exact) mass is 378 g/mol. The SMILES string of the molecule is Cc1cc(C)n(-c2ccc(C(=O)NCCNC(=O)c3ccc(O)cc3)cc2)n1. The van der Waals surface area contributed by atoms with Gasteiger partial charge in [-0.2, -0.15) is 5.10 Å². The number of hydrogen-bond donors (Lipinski definition) is 3. The maximum Gasteiger partial charge on any atom is 0.251 e. The molecule has 0 saturated heterocycles. The van der Waals surface area contributed by atoms with Crippen molar-refractivity contribution in [3.8, 4) is 11.4 Å². The summed E-state index contributed by atoms with van der Waals surface area (Å²) < 4.78 is 1.83. The molecule has 144 valence electrons. The molecule has 1 aromatic heterocycles. The molecule has 0 atom stereocenters. The molecule has 0 fully saturated rings. The van der Waals surface area contributed by atoms with Crippen LogP contribution in [-0.4, -0.2) is 39.8 Å². The predicted octanol–water partition coefficient (Wildman–Crippen LogP) is 2.35. The van der Waals surface area contributed by atoms with Crippen LogP contribution in [0.1, 0.15) is 32.1 Å². The Kier molecular flexibility index (Phi) is 5.74. The number of aryl methyl sites for hydroxylation is 2. The zero-order chi connectivity index (χ0) is 20.1. The molecule has 0 radical (unpaired) electrons. The van der Waals surface area contributed by atoms with Crippen LogP contribution in [-0.2, 0) is 0 Å². The van der Waals surface area contributed by atoms with Crippen molar-refractivity contribution >= 4 is 11.8 Å². The average molecular weight is 378 g/mol. The van der Waals surface area contributed by atoms with Crippen molar-refractivity contribution in [2.24, 2.45) is 0 Å². The topological polar surface area (TPSA) is 96.2 Å². The second-order valence-electron chi connectivity index (χ2n) is 6.44. The molecule has 7 nitrogen and oxygen atoms in total. The van der Waals surface area contributed by atoms with E-state index in [9.17, 15) is 14.7 Å². The first-order valence-electron chi connectivity index (χ1n) is 8.93. The van der Waals surface area contributed by atoms with Gasteiger partial charge in [-0.05, 0) is 68.4 Å². The van der Waals surface area contributed by atoms with Gasteiger partial charge < -0.3 is 15.7 Å². The Morgan fingerprint density at radius 3 is 1.86 bits per heavy atom. The normalized spacial score (nSPS) is 10.5. The summed E-state index contributed by atoms with van der Waals surface area (Å²) in [6.07, 6.45) is 0. The Balaban J connectivity index is 1.49. The third-order valence-corrected chi connectivity index (χ3v) is 4.21. The van der Waals surface area contributed by atoms with Gasteiger partial charge in [-0.1, -0.05) is 0 Å². The standard InChI is InChI=1S/C21H22N4O3/c1-14-13-15(2)25(24-14)18-7-3-16(4-8-18)20(27)22-11-12-23-21(28)17-5-9-19(26)10-6-17/h3-10,13,26H,11-12H2,1-2H3,(H,22,27)(H,23,28). The first-order valence-corrected chi connectivity index (χ1v) is 8.93. The quantitative estimate of drug-likeness (QED) is 0.574. The van der Waals surface area contributed by atoms with Gasteiger partial charge in [-0.15, -0.1) is 0 Å². The molecular formula is C21H22N4O3. The van der Waals surface area contributed by atoms with Crippen molar-refractivity contribution in [2.45, 2.75) is 13.8 Å². The molecule has 7 heteroatoms. The lowest BCUT2D eigenvalue weighted by molar-refractivity contribution is 0.0927. The molecule has 0 aliphatic carbocycles. The van der Waals surface area contributed by atoms with Crippen LogP contribution in [0.25, 0.3) is 5.69 Å². The lowest BCUT2D eigenvalue weighted by atomic mass is 10.2. The van der Waals surface area contributed by atoms with Crippen LogP contribution < -0.4 is 10.6 Å². The number of phenolic OH excluding ortho intramolecular Hbond substituents is 1. The minimum Gasteiger partial charge on any atom is -0.508 e. The summed E-state index contributed by atoms with van der Waals surface area (Å²) in [7, 11) is 0. The smallest absolute Gasteiger partial charge is 0.251 e. The minimum absolute atomic E-state index is 0.104. The molecule has 0 aliphatic rings. The molecular weight excluding hydrogens is 356 g/mol. The summed E-state index contributed by atoms with van der Waals surface area (Å²) in [5, 5.41) is 19.1. The van der Waals surface area contributed by atoms with Crippen LogP contribution in [0.5, 0.6) is 5.75 Å². The first kappa shape index (κ1) is 19.2. The summed E-state index contributed by atoms with van der Waals surface area (Å²) in [5.41, 5.74) is 3.84. The second-order valence-corrected chi connectivity index (χ2v) is 6.44. The van der Waals surface area contributed by atoms with Gasteiger partial charge in [0.15, 0.2) is 0 Å². The van der Waals surface area contributed by atoms with E-state index in [4.69, 9.17) is 0 Å². The van der Waals surface area contributed by atoms with Gasteiger partial charge in [0.1, 0.15) is 5.75 Å². The molecule has 0 aliphatic heterocycles. The summed E-state index contributed by atoms with van der Waals surface area (Å²) in [5.74, 6) is -0.366. The predicted molar refractivity (Wildman–Crippen MR) is 106 cm³/mol. The van der Waals surface area contributed by atoms with E-state index < -0.39 is 0 Å². The highest BCUT2D eigenvalue weighted by Gasteiger charge is 2.08. The number of carbonyl (C=O) groups is 2. The number of carbonyl (C=O) groups excluding carboxylic acids is 2. The van der Waals surface area contributed by atoms with E-state index in [1.807, 2.05) is 36.7 Å². The van der Waals surface area contributed by atoms with E-state index in [0.29, 0.717) is 24.2 Å². The second kappa shape index (κ2) is 8.39. The van der Waals surface area contributed by atoms with E-state index in [1.54, 1.807) is 12.1 Å². The highest BCUT2D eigenvalue weighted by Crippen LogP contribution is 2.13. The Hall–Kier alpha value is -3.61. The van der Waals surface area contributed by atoms with Gasteiger partial charge in [0.2, 0.25) is 0 Å². The molecule has 3 N–H and O–H groups in total. The third-order valence-electron chi connectivity index (χ3n) is 4.21. The lowest BCUT2D eigenvalue weighted by Gasteiger charge is -2.09. The highest BCUT2D eigenvalue weighted by atomic mass is 16.3. The fraction of sp³-hybridized carbons (Fsp3) is 0.190. The van der Waals surface area contributed by atoms with E-state index in [2.05, 4.69) is 15.7 Å². The number of nitrogens with one attached hydrogen (secondary N) is 2. The van der Waals surface area contributed by atoms with Gasteiger partial charge in [0, 0.05) is 29.9 Å². The van der Waals surface area contributed by atoms with Crippen LogP contribution in [0.3, 0.4) is 0 Å². The Morgan fingerprint density at radius 1 is 0.893 bits per heavy atom.